The van der Waals surface area contributed by atoms with Crippen molar-refractivity contribution < 1.29 is 19.1 Å². The standard InChI is InChI=1S/C23H22ClNO4/c1-3-20(29-21-11-7-9-15-8-5-6-10-17(15)21)22(26)25-16-12-13-19(24)18(14-16)23(27)28-4-2/h5-14,20H,3-4H2,1-2H3,(H,25,26)/t20-/m0/s1. The zero-order chi connectivity index (χ0) is 20.8. The molecule has 1 N–H and O–H groups in total. The molecule has 29 heavy (non-hydrogen) atoms. The number of hydrogen-bond donors (Lipinski definition) is 1. The van der Waals surface area contributed by atoms with Gasteiger partial charge in [-0.15, -0.1) is 0 Å². The van der Waals surface area contributed by atoms with Crippen molar-refractivity contribution in [1.29, 1.82) is 0 Å². The van der Waals surface area contributed by atoms with Crippen LogP contribution in [0.2, 0.25) is 5.02 Å². The molecular formula is C23H22ClNO4. The van der Waals surface area contributed by atoms with Gasteiger partial charge in [-0.1, -0.05) is 54.9 Å². The van der Waals surface area contributed by atoms with Gasteiger partial charge < -0.3 is 14.8 Å². The van der Waals surface area contributed by atoms with Gasteiger partial charge in [-0.3, -0.25) is 4.79 Å². The molecule has 0 spiro atoms. The zero-order valence-electron chi connectivity index (χ0n) is 16.3. The summed E-state index contributed by atoms with van der Waals surface area (Å²) in [5, 5.41) is 5.04. The van der Waals surface area contributed by atoms with Crippen LogP contribution in [0.4, 0.5) is 5.69 Å². The van der Waals surface area contributed by atoms with Crippen molar-refractivity contribution in [3.05, 3.63) is 71.2 Å². The van der Waals surface area contributed by atoms with Crippen LogP contribution in [0.25, 0.3) is 10.8 Å². The summed E-state index contributed by atoms with van der Waals surface area (Å²) in [6.45, 7) is 3.83. The van der Waals surface area contributed by atoms with Crippen molar-refractivity contribution in [2.45, 2.75) is 26.4 Å². The maximum atomic E-state index is 12.8. The molecule has 3 aromatic rings. The van der Waals surface area contributed by atoms with Crippen molar-refractivity contribution in [3.63, 3.8) is 0 Å². The molecule has 5 nitrogen and oxygen atoms in total. The first kappa shape index (κ1) is 20.7. The van der Waals surface area contributed by atoms with Crippen molar-refractivity contribution in [2.75, 3.05) is 11.9 Å². The van der Waals surface area contributed by atoms with E-state index in [1.54, 1.807) is 19.1 Å². The van der Waals surface area contributed by atoms with E-state index in [-0.39, 0.29) is 23.1 Å². The number of anilines is 1. The van der Waals surface area contributed by atoms with Crippen molar-refractivity contribution in [2.24, 2.45) is 0 Å². The maximum absolute atomic E-state index is 12.8. The third-order valence-corrected chi connectivity index (χ3v) is 4.74. The zero-order valence-corrected chi connectivity index (χ0v) is 17.0. The molecule has 1 amide bonds. The molecule has 0 bridgehead atoms. The van der Waals surface area contributed by atoms with Gasteiger partial charge in [-0.25, -0.2) is 4.79 Å². The Labute approximate surface area is 174 Å². The van der Waals surface area contributed by atoms with E-state index in [1.165, 1.54) is 6.07 Å². The molecule has 0 heterocycles. The average molecular weight is 412 g/mol. The second-order valence-corrected chi connectivity index (χ2v) is 6.80. The normalized spacial score (nSPS) is 11.7. The van der Waals surface area contributed by atoms with Crippen LogP contribution in [0.15, 0.2) is 60.7 Å². The molecule has 0 saturated heterocycles. The van der Waals surface area contributed by atoms with Gasteiger partial charge >= 0.3 is 5.97 Å². The lowest BCUT2D eigenvalue weighted by atomic mass is 10.1. The largest absolute Gasteiger partial charge is 0.480 e. The van der Waals surface area contributed by atoms with Gasteiger partial charge in [0, 0.05) is 11.1 Å². The molecule has 1 atom stereocenters. The van der Waals surface area contributed by atoms with Crippen LogP contribution in [0, 0.1) is 0 Å². The number of benzene rings is 3. The Balaban J connectivity index is 1.78. The molecule has 0 saturated carbocycles. The summed E-state index contributed by atoms with van der Waals surface area (Å²) in [5.41, 5.74) is 0.650. The van der Waals surface area contributed by atoms with Gasteiger partial charge in [-0.05, 0) is 43.0 Å². The third-order valence-electron chi connectivity index (χ3n) is 4.41. The van der Waals surface area contributed by atoms with Gasteiger partial charge in [0.05, 0.1) is 17.2 Å². The number of hydrogen-bond acceptors (Lipinski definition) is 4. The summed E-state index contributed by atoms with van der Waals surface area (Å²) < 4.78 is 11.0. The predicted molar refractivity (Wildman–Crippen MR) is 115 cm³/mol. The van der Waals surface area contributed by atoms with Gasteiger partial charge in [0.15, 0.2) is 6.10 Å². The Morgan fingerprint density at radius 3 is 2.55 bits per heavy atom. The lowest BCUT2D eigenvalue weighted by molar-refractivity contribution is -0.122. The van der Waals surface area contributed by atoms with E-state index in [9.17, 15) is 9.59 Å². The van der Waals surface area contributed by atoms with Crippen LogP contribution < -0.4 is 10.1 Å². The quantitative estimate of drug-likeness (QED) is 0.524. The summed E-state index contributed by atoms with van der Waals surface area (Å²) in [6.07, 6.45) is -0.213. The van der Waals surface area contributed by atoms with Gasteiger partial charge in [0.1, 0.15) is 5.75 Å². The van der Waals surface area contributed by atoms with Gasteiger partial charge in [0.2, 0.25) is 0 Å². The first-order valence-corrected chi connectivity index (χ1v) is 9.83. The average Bonchev–Trinajstić information content (AvgIpc) is 2.73. The Bertz CT molecular complexity index is 1030. The van der Waals surface area contributed by atoms with E-state index in [0.717, 1.165) is 10.8 Å². The molecule has 150 valence electrons. The number of carbonyl (C=O) groups is 2. The number of esters is 1. The Morgan fingerprint density at radius 2 is 1.79 bits per heavy atom. The molecule has 3 rings (SSSR count). The highest BCUT2D eigenvalue weighted by molar-refractivity contribution is 6.33. The summed E-state index contributed by atoms with van der Waals surface area (Å²) in [4.78, 5) is 24.8. The molecular weight excluding hydrogens is 390 g/mol. The van der Waals surface area contributed by atoms with E-state index in [0.29, 0.717) is 17.9 Å². The van der Waals surface area contributed by atoms with Crippen molar-refractivity contribution in [3.8, 4) is 5.75 Å². The van der Waals surface area contributed by atoms with Crippen LogP contribution >= 0.6 is 11.6 Å². The number of ether oxygens (including phenoxy) is 2. The molecule has 0 aliphatic rings. The number of amides is 1. The number of rotatable bonds is 7. The molecule has 0 radical (unpaired) electrons. The number of carbonyl (C=O) groups excluding carboxylic acids is 2. The van der Waals surface area contributed by atoms with E-state index >= 15 is 0 Å². The molecule has 0 unspecified atom stereocenters. The SMILES string of the molecule is CCOC(=O)c1cc(NC(=O)[C@H](CC)Oc2cccc3ccccc23)ccc1Cl. The highest BCUT2D eigenvalue weighted by Crippen LogP contribution is 2.27. The summed E-state index contributed by atoms with van der Waals surface area (Å²) in [5.74, 6) is -0.196. The minimum absolute atomic E-state index is 0.203. The topological polar surface area (TPSA) is 64.6 Å². The Kier molecular flexibility index (Phi) is 6.73. The molecule has 6 heteroatoms. The monoisotopic (exact) mass is 411 g/mol. The number of nitrogens with one attached hydrogen (secondary N) is 1. The van der Waals surface area contributed by atoms with Crippen LogP contribution in [-0.4, -0.2) is 24.6 Å². The summed E-state index contributed by atoms with van der Waals surface area (Å²) >= 11 is 6.08. The summed E-state index contributed by atoms with van der Waals surface area (Å²) in [6, 6.07) is 18.3. The molecule has 0 aromatic heterocycles. The smallest absolute Gasteiger partial charge is 0.339 e. The maximum Gasteiger partial charge on any atom is 0.339 e. The van der Waals surface area contributed by atoms with Crippen LogP contribution in [-0.2, 0) is 9.53 Å². The van der Waals surface area contributed by atoms with Gasteiger partial charge in [-0.2, -0.15) is 0 Å². The lowest BCUT2D eigenvalue weighted by Crippen LogP contribution is -2.32. The number of fused-ring (bicyclic) bond motifs is 1. The van der Waals surface area contributed by atoms with Crippen molar-refractivity contribution in [1.82, 2.24) is 0 Å². The Hall–Kier alpha value is -3.05. The highest BCUT2D eigenvalue weighted by atomic mass is 35.5. The fourth-order valence-corrected chi connectivity index (χ4v) is 3.16. The summed E-state index contributed by atoms with van der Waals surface area (Å²) in [7, 11) is 0. The van der Waals surface area contributed by atoms with E-state index < -0.39 is 12.1 Å². The first-order chi connectivity index (χ1) is 14.0. The third kappa shape index (κ3) is 4.87. The number of halogens is 1. The first-order valence-electron chi connectivity index (χ1n) is 9.45. The molecule has 0 fully saturated rings. The molecule has 0 aliphatic heterocycles. The fraction of sp³-hybridized carbons (Fsp3) is 0.217. The molecule has 0 aliphatic carbocycles. The Morgan fingerprint density at radius 1 is 1.03 bits per heavy atom. The second-order valence-electron chi connectivity index (χ2n) is 6.40. The molecule has 3 aromatic carbocycles. The minimum atomic E-state index is -0.692. The minimum Gasteiger partial charge on any atom is -0.480 e. The van der Waals surface area contributed by atoms with E-state index in [1.807, 2.05) is 49.4 Å². The highest BCUT2D eigenvalue weighted by Gasteiger charge is 2.21. The second kappa shape index (κ2) is 9.43. The van der Waals surface area contributed by atoms with Crippen molar-refractivity contribution >= 4 is 39.9 Å². The van der Waals surface area contributed by atoms with Crippen LogP contribution in [0.1, 0.15) is 30.6 Å². The van der Waals surface area contributed by atoms with Crippen LogP contribution in [0.5, 0.6) is 5.75 Å². The lowest BCUT2D eigenvalue weighted by Gasteiger charge is -2.19. The fourth-order valence-electron chi connectivity index (χ4n) is 2.97. The van der Waals surface area contributed by atoms with E-state index in [2.05, 4.69) is 5.32 Å². The van der Waals surface area contributed by atoms with Gasteiger partial charge in [0.25, 0.3) is 5.91 Å². The van der Waals surface area contributed by atoms with E-state index in [4.69, 9.17) is 21.1 Å². The van der Waals surface area contributed by atoms with Crippen LogP contribution in [0.3, 0.4) is 0 Å². The predicted octanol–water partition coefficient (Wildman–Crippen LogP) is 5.47.